The van der Waals surface area contributed by atoms with Gasteiger partial charge in [0.2, 0.25) is 0 Å². The van der Waals surface area contributed by atoms with Crippen molar-refractivity contribution in [2.45, 2.75) is 0 Å². The number of carbonyl (C=O) groups excluding carboxylic acids is 1. The first-order valence-electron chi connectivity index (χ1n) is 4.82. The van der Waals surface area contributed by atoms with Crippen LogP contribution in [-0.2, 0) is 4.79 Å². The SMILES string of the molecule is CN(CCO)c1ccc(C=CC=O)cc1. The van der Waals surface area contributed by atoms with Crippen molar-refractivity contribution in [2.24, 2.45) is 0 Å². The molecule has 0 spiro atoms. The van der Waals surface area contributed by atoms with Crippen molar-refractivity contribution in [1.82, 2.24) is 0 Å². The van der Waals surface area contributed by atoms with Crippen LogP contribution in [0.2, 0.25) is 0 Å². The second kappa shape index (κ2) is 5.98. The minimum atomic E-state index is 0.142. The summed E-state index contributed by atoms with van der Waals surface area (Å²) in [4.78, 5) is 12.1. The third-order valence-electron chi connectivity index (χ3n) is 2.14. The lowest BCUT2D eigenvalue weighted by molar-refractivity contribution is -0.104. The van der Waals surface area contributed by atoms with Crippen molar-refractivity contribution in [2.75, 3.05) is 25.1 Å². The molecule has 0 aromatic heterocycles. The molecule has 0 heterocycles. The van der Waals surface area contributed by atoms with E-state index >= 15 is 0 Å². The van der Waals surface area contributed by atoms with Gasteiger partial charge in [0, 0.05) is 19.3 Å². The highest BCUT2D eigenvalue weighted by Crippen LogP contribution is 2.14. The van der Waals surface area contributed by atoms with Crippen molar-refractivity contribution in [3.8, 4) is 0 Å². The Hall–Kier alpha value is -1.61. The molecule has 0 radical (unpaired) electrons. The zero-order valence-electron chi connectivity index (χ0n) is 8.76. The van der Waals surface area contributed by atoms with Gasteiger partial charge >= 0.3 is 0 Å². The maximum Gasteiger partial charge on any atom is 0.142 e. The van der Waals surface area contributed by atoms with Crippen molar-refractivity contribution in [3.05, 3.63) is 35.9 Å². The average molecular weight is 205 g/mol. The Morgan fingerprint density at radius 3 is 2.53 bits per heavy atom. The summed E-state index contributed by atoms with van der Waals surface area (Å²) >= 11 is 0. The van der Waals surface area contributed by atoms with Gasteiger partial charge in [-0.1, -0.05) is 18.2 Å². The summed E-state index contributed by atoms with van der Waals surface area (Å²) in [5, 5.41) is 8.78. The molecule has 0 fully saturated rings. The van der Waals surface area contributed by atoms with Gasteiger partial charge in [-0.2, -0.15) is 0 Å². The highest BCUT2D eigenvalue weighted by Gasteiger charge is 1.98. The molecule has 1 N–H and O–H groups in total. The summed E-state index contributed by atoms with van der Waals surface area (Å²) in [6, 6.07) is 7.78. The van der Waals surface area contributed by atoms with Crippen LogP contribution in [0.15, 0.2) is 30.3 Å². The predicted octanol–water partition coefficient (Wildman–Crippen LogP) is 1.33. The van der Waals surface area contributed by atoms with Gasteiger partial charge in [0.25, 0.3) is 0 Å². The fourth-order valence-corrected chi connectivity index (χ4v) is 1.27. The molecule has 0 saturated carbocycles. The van der Waals surface area contributed by atoms with Crippen LogP contribution >= 0.6 is 0 Å². The molecular formula is C12H15NO2. The van der Waals surface area contributed by atoms with E-state index in [1.807, 2.05) is 36.2 Å². The predicted molar refractivity (Wildman–Crippen MR) is 61.9 cm³/mol. The molecule has 0 atom stereocenters. The normalized spacial score (nSPS) is 10.5. The first-order chi connectivity index (χ1) is 7.27. The number of nitrogens with zero attached hydrogens (tertiary/aromatic N) is 1. The highest BCUT2D eigenvalue weighted by molar-refractivity contribution is 5.74. The van der Waals surface area contributed by atoms with E-state index in [0.717, 1.165) is 17.5 Å². The standard InChI is InChI=1S/C12H15NO2/c1-13(8-10-15)12-6-4-11(5-7-12)3-2-9-14/h2-7,9,15H,8,10H2,1H3. The topological polar surface area (TPSA) is 40.5 Å². The zero-order chi connectivity index (χ0) is 11.1. The van der Waals surface area contributed by atoms with Crippen LogP contribution in [0.1, 0.15) is 5.56 Å². The Kier molecular flexibility index (Phi) is 4.57. The minimum Gasteiger partial charge on any atom is -0.395 e. The van der Waals surface area contributed by atoms with Gasteiger partial charge in [-0.15, -0.1) is 0 Å². The molecule has 0 aliphatic carbocycles. The highest BCUT2D eigenvalue weighted by atomic mass is 16.3. The lowest BCUT2D eigenvalue weighted by Gasteiger charge is -2.17. The van der Waals surface area contributed by atoms with Gasteiger partial charge in [0.05, 0.1) is 6.61 Å². The molecule has 0 aliphatic heterocycles. The molecule has 1 aromatic carbocycles. The number of benzene rings is 1. The number of likely N-dealkylation sites (N-methyl/N-ethyl adjacent to an activating group) is 1. The summed E-state index contributed by atoms with van der Waals surface area (Å²) in [6.07, 6.45) is 3.97. The van der Waals surface area contributed by atoms with Gasteiger partial charge in [0.1, 0.15) is 6.29 Å². The lowest BCUT2D eigenvalue weighted by atomic mass is 10.2. The third-order valence-corrected chi connectivity index (χ3v) is 2.14. The van der Waals surface area contributed by atoms with Crippen LogP contribution in [0.25, 0.3) is 6.08 Å². The fraction of sp³-hybridized carbons (Fsp3) is 0.250. The zero-order valence-corrected chi connectivity index (χ0v) is 8.76. The molecule has 15 heavy (non-hydrogen) atoms. The van der Waals surface area contributed by atoms with Crippen molar-refractivity contribution in [3.63, 3.8) is 0 Å². The van der Waals surface area contributed by atoms with Gasteiger partial charge in [-0.3, -0.25) is 4.79 Å². The monoisotopic (exact) mass is 205 g/mol. The second-order valence-corrected chi connectivity index (χ2v) is 3.23. The summed E-state index contributed by atoms with van der Waals surface area (Å²) in [6.45, 7) is 0.757. The molecule has 1 aromatic rings. The first kappa shape index (κ1) is 11.5. The number of aldehydes is 1. The number of anilines is 1. The Morgan fingerprint density at radius 2 is 2.00 bits per heavy atom. The van der Waals surface area contributed by atoms with E-state index in [2.05, 4.69) is 0 Å². The van der Waals surface area contributed by atoms with Crippen LogP contribution in [-0.4, -0.2) is 31.6 Å². The molecule has 0 aliphatic rings. The lowest BCUT2D eigenvalue weighted by Crippen LogP contribution is -2.20. The maximum atomic E-state index is 10.1. The number of rotatable bonds is 5. The van der Waals surface area contributed by atoms with Gasteiger partial charge in [-0.25, -0.2) is 0 Å². The average Bonchev–Trinajstić information content (AvgIpc) is 2.27. The Labute approximate surface area is 89.6 Å². The van der Waals surface area contributed by atoms with E-state index in [1.54, 1.807) is 6.08 Å². The molecule has 80 valence electrons. The smallest absolute Gasteiger partial charge is 0.142 e. The van der Waals surface area contributed by atoms with Crippen molar-refractivity contribution < 1.29 is 9.90 Å². The number of aliphatic hydroxyl groups excluding tert-OH is 1. The van der Waals surface area contributed by atoms with E-state index in [1.165, 1.54) is 6.08 Å². The van der Waals surface area contributed by atoms with E-state index < -0.39 is 0 Å². The minimum absolute atomic E-state index is 0.142. The molecule has 3 nitrogen and oxygen atoms in total. The number of carbonyl (C=O) groups is 1. The van der Waals surface area contributed by atoms with Crippen LogP contribution in [0, 0.1) is 0 Å². The maximum absolute atomic E-state index is 10.1. The number of allylic oxidation sites excluding steroid dienone is 1. The third kappa shape index (κ3) is 3.56. The first-order valence-corrected chi connectivity index (χ1v) is 4.82. The van der Waals surface area contributed by atoms with Crippen LogP contribution in [0.3, 0.4) is 0 Å². The van der Waals surface area contributed by atoms with E-state index in [9.17, 15) is 4.79 Å². The largest absolute Gasteiger partial charge is 0.395 e. The van der Waals surface area contributed by atoms with Gasteiger partial charge < -0.3 is 10.0 Å². The number of aliphatic hydroxyl groups is 1. The summed E-state index contributed by atoms with van der Waals surface area (Å²) in [5.74, 6) is 0. The molecule has 0 bridgehead atoms. The van der Waals surface area contributed by atoms with E-state index in [0.29, 0.717) is 6.54 Å². The molecule has 3 heteroatoms. The van der Waals surface area contributed by atoms with Gasteiger partial charge in [-0.05, 0) is 23.8 Å². The van der Waals surface area contributed by atoms with Gasteiger partial charge in [0.15, 0.2) is 0 Å². The molecule has 0 unspecified atom stereocenters. The number of hydrogen-bond donors (Lipinski definition) is 1. The van der Waals surface area contributed by atoms with Crippen molar-refractivity contribution in [1.29, 1.82) is 0 Å². The molecular weight excluding hydrogens is 190 g/mol. The van der Waals surface area contributed by atoms with E-state index in [-0.39, 0.29) is 6.61 Å². The van der Waals surface area contributed by atoms with Crippen LogP contribution in [0.4, 0.5) is 5.69 Å². The van der Waals surface area contributed by atoms with Crippen LogP contribution < -0.4 is 4.90 Å². The molecule has 0 saturated heterocycles. The quantitative estimate of drug-likeness (QED) is 0.582. The molecule has 1 rings (SSSR count). The van der Waals surface area contributed by atoms with Crippen LogP contribution in [0.5, 0.6) is 0 Å². The fourth-order valence-electron chi connectivity index (χ4n) is 1.27. The van der Waals surface area contributed by atoms with Crippen molar-refractivity contribution >= 4 is 18.0 Å². The summed E-state index contributed by atoms with van der Waals surface area (Å²) in [7, 11) is 1.92. The second-order valence-electron chi connectivity index (χ2n) is 3.23. The molecule has 0 amide bonds. The summed E-state index contributed by atoms with van der Waals surface area (Å²) < 4.78 is 0. The Bertz CT molecular complexity index is 330. The van der Waals surface area contributed by atoms with E-state index in [4.69, 9.17) is 5.11 Å². The Morgan fingerprint density at radius 1 is 1.33 bits per heavy atom. The number of hydrogen-bond acceptors (Lipinski definition) is 3. The Balaban J connectivity index is 2.71. The summed E-state index contributed by atoms with van der Waals surface area (Å²) in [5.41, 5.74) is 2.04.